The third-order valence-electron chi connectivity index (χ3n) is 6.17. The fraction of sp³-hybridized carbons (Fsp3) is 0.619. The predicted molar refractivity (Wildman–Crippen MR) is 97.8 cm³/mol. The standard InChI is InChI=1S/C21H27NO5/c1-13-17-9-10-21(3,26-17)27-18(13)14(2)19(23)22-16(12-25-20(22)24)11-15-7-5-4-6-8-15/h4-8,13-14,16-18H,9-12H2,1-3H3/t13-,14+,16+,17+,18-,21+/m1/s1. The van der Waals surface area contributed by atoms with E-state index in [1.165, 1.54) is 4.90 Å². The average molecular weight is 373 g/mol. The maximum absolute atomic E-state index is 13.2. The third kappa shape index (κ3) is 3.36. The molecule has 6 atom stereocenters. The normalized spacial score (nSPS) is 36.6. The SMILES string of the molecule is C[C@H]1[C@H]([C@H](C)C(=O)N2C(=O)OC[C@@H]2Cc2ccccc2)O[C@@]2(C)CC[C@@H]1O2. The molecule has 3 fully saturated rings. The van der Waals surface area contributed by atoms with Gasteiger partial charge >= 0.3 is 6.09 Å². The van der Waals surface area contributed by atoms with Crippen LogP contribution in [0.15, 0.2) is 30.3 Å². The summed E-state index contributed by atoms with van der Waals surface area (Å²) in [4.78, 5) is 26.8. The van der Waals surface area contributed by atoms with Crippen LogP contribution in [0.3, 0.4) is 0 Å². The predicted octanol–water partition coefficient (Wildman–Crippen LogP) is 3.14. The van der Waals surface area contributed by atoms with Gasteiger partial charge in [-0.15, -0.1) is 0 Å². The number of cyclic esters (lactones) is 1. The van der Waals surface area contributed by atoms with E-state index in [0.29, 0.717) is 6.42 Å². The van der Waals surface area contributed by atoms with E-state index in [1.807, 2.05) is 44.2 Å². The van der Waals surface area contributed by atoms with Crippen LogP contribution < -0.4 is 0 Å². The molecule has 0 aromatic heterocycles. The average Bonchev–Trinajstić information content (AvgIpc) is 3.19. The molecular formula is C21H27NO5. The van der Waals surface area contributed by atoms with Gasteiger partial charge in [0.1, 0.15) is 6.61 Å². The van der Waals surface area contributed by atoms with Crippen molar-refractivity contribution < 1.29 is 23.8 Å². The maximum Gasteiger partial charge on any atom is 0.416 e. The molecule has 2 bridgehead atoms. The minimum absolute atomic E-state index is 0.103. The van der Waals surface area contributed by atoms with Crippen LogP contribution in [0.2, 0.25) is 0 Å². The number of benzene rings is 1. The number of carbonyl (C=O) groups excluding carboxylic acids is 2. The Balaban J connectivity index is 1.50. The summed E-state index contributed by atoms with van der Waals surface area (Å²) in [7, 11) is 0. The second-order valence-electron chi connectivity index (χ2n) is 8.19. The highest BCUT2D eigenvalue weighted by atomic mass is 16.7. The van der Waals surface area contributed by atoms with Gasteiger partial charge in [0.05, 0.1) is 24.2 Å². The summed E-state index contributed by atoms with van der Waals surface area (Å²) in [5, 5.41) is 0. The Morgan fingerprint density at radius 1 is 1.30 bits per heavy atom. The lowest BCUT2D eigenvalue weighted by Crippen LogP contribution is -2.53. The zero-order valence-electron chi connectivity index (χ0n) is 16.1. The fourth-order valence-electron chi connectivity index (χ4n) is 4.59. The lowest BCUT2D eigenvalue weighted by molar-refractivity contribution is -0.302. The summed E-state index contributed by atoms with van der Waals surface area (Å²) in [5.74, 6) is -1.18. The summed E-state index contributed by atoms with van der Waals surface area (Å²) >= 11 is 0. The molecule has 27 heavy (non-hydrogen) atoms. The Morgan fingerprint density at radius 3 is 2.78 bits per heavy atom. The molecule has 1 aromatic carbocycles. The van der Waals surface area contributed by atoms with Crippen molar-refractivity contribution in [1.29, 1.82) is 0 Å². The van der Waals surface area contributed by atoms with Gasteiger partial charge in [-0.3, -0.25) is 4.79 Å². The van der Waals surface area contributed by atoms with Gasteiger partial charge in [-0.1, -0.05) is 44.2 Å². The highest BCUT2D eigenvalue weighted by Crippen LogP contribution is 2.44. The lowest BCUT2D eigenvalue weighted by atomic mass is 9.87. The molecule has 0 saturated carbocycles. The van der Waals surface area contributed by atoms with Crippen LogP contribution >= 0.6 is 0 Å². The van der Waals surface area contributed by atoms with Crippen LogP contribution in [0.25, 0.3) is 0 Å². The Kier molecular flexibility index (Phi) is 4.72. The van der Waals surface area contributed by atoms with E-state index in [0.717, 1.165) is 18.4 Å². The Bertz CT molecular complexity index is 723. The third-order valence-corrected chi connectivity index (χ3v) is 6.17. The Morgan fingerprint density at radius 2 is 2.04 bits per heavy atom. The summed E-state index contributed by atoms with van der Waals surface area (Å²) in [5.41, 5.74) is 1.08. The summed E-state index contributed by atoms with van der Waals surface area (Å²) < 4.78 is 17.4. The van der Waals surface area contributed by atoms with Crippen LogP contribution in [-0.2, 0) is 25.4 Å². The molecule has 3 aliphatic rings. The van der Waals surface area contributed by atoms with Gasteiger partial charge in [0.2, 0.25) is 5.91 Å². The molecule has 2 amide bonds. The quantitative estimate of drug-likeness (QED) is 0.811. The van der Waals surface area contributed by atoms with E-state index in [2.05, 4.69) is 6.92 Å². The van der Waals surface area contributed by atoms with E-state index in [-0.39, 0.29) is 36.7 Å². The van der Waals surface area contributed by atoms with Gasteiger partial charge in [0.15, 0.2) is 5.79 Å². The summed E-state index contributed by atoms with van der Waals surface area (Å²) in [6, 6.07) is 9.57. The van der Waals surface area contributed by atoms with Gasteiger partial charge in [0, 0.05) is 12.3 Å². The van der Waals surface area contributed by atoms with E-state index in [1.54, 1.807) is 0 Å². The Labute approximate surface area is 159 Å². The first-order chi connectivity index (χ1) is 12.9. The monoisotopic (exact) mass is 373 g/mol. The smallest absolute Gasteiger partial charge is 0.416 e. The van der Waals surface area contributed by atoms with Crippen molar-refractivity contribution in [2.75, 3.05) is 6.61 Å². The molecule has 6 heteroatoms. The zero-order valence-corrected chi connectivity index (χ0v) is 16.1. The van der Waals surface area contributed by atoms with Crippen LogP contribution in [0.4, 0.5) is 4.79 Å². The molecule has 0 aliphatic carbocycles. The van der Waals surface area contributed by atoms with Crippen molar-refractivity contribution in [3.05, 3.63) is 35.9 Å². The van der Waals surface area contributed by atoms with Crippen molar-refractivity contribution in [1.82, 2.24) is 4.90 Å². The van der Waals surface area contributed by atoms with E-state index in [9.17, 15) is 9.59 Å². The number of nitrogens with zero attached hydrogens (tertiary/aromatic N) is 1. The molecule has 0 spiro atoms. The molecular weight excluding hydrogens is 346 g/mol. The summed E-state index contributed by atoms with van der Waals surface area (Å²) in [6.07, 6.45) is 1.65. The first kappa shape index (κ1) is 18.4. The van der Waals surface area contributed by atoms with Crippen molar-refractivity contribution in [2.24, 2.45) is 11.8 Å². The number of imide groups is 1. The number of amides is 2. The second kappa shape index (κ2) is 6.91. The first-order valence-electron chi connectivity index (χ1n) is 9.77. The first-order valence-corrected chi connectivity index (χ1v) is 9.77. The van der Waals surface area contributed by atoms with E-state index < -0.39 is 17.8 Å². The fourth-order valence-corrected chi connectivity index (χ4v) is 4.59. The number of rotatable bonds is 4. The molecule has 3 aliphatic heterocycles. The van der Waals surface area contributed by atoms with Gasteiger partial charge in [-0.25, -0.2) is 9.69 Å². The highest BCUT2D eigenvalue weighted by molar-refractivity contribution is 5.95. The minimum Gasteiger partial charge on any atom is -0.447 e. The Hall–Kier alpha value is -1.92. The van der Waals surface area contributed by atoms with Crippen LogP contribution in [0, 0.1) is 11.8 Å². The highest BCUT2D eigenvalue weighted by Gasteiger charge is 2.52. The van der Waals surface area contributed by atoms with Crippen molar-refractivity contribution in [2.45, 2.75) is 64.1 Å². The molecule has 1 aromatic rings. The number of hydrogen-bond donors (Lipinski definition) is 0. The van der Waals surface area contributed by atoms with Crippen LogP contribution in [-0.4, -0.2) is 47.5 Å². The molecule has 146 valence electrons. The second-order valence-corrected chi connectivity index (χ2v) is 8.19. The van der Waals surface area contributed by atoms with Crippen LogP contribution in [0.5, 0.6) is 0 Å². The van der Waals surface area contributed by atoms with E-state index in [4.69, 9.17) is 14.2 Å². The van der Waals surface area contributed by atoms with Crippen molar-refractivity contribution in [3.8, 4) is 0 Å². The van der Waals surface area contributed by atoms with Gasteiger partial charge in [-0.05, 0) is 25.3 Å². The van der Waals surface area contributed by atoms with Crippen LogP contribution in [0.1, 0.15) is 39.2 Å². The van der Waals surface area contributed by atoms with Crippen molar-refractivity contribution >= 4 is 12.0 Å². The number of hydrogen-bond acceptors (Lipinski definition) is 5. The number of ether oxygens (including phenoxy) is 3. The number of fused-ring (bicyclic) bond motifs is 2. The van der Waals surface area contributed by atoms with Gasteiger partial charge in [0.25, 0.3) is 0 Å². The topological polar surface area (TPSA) is 65.1 Å². The molecule has 4 rings (SSSR count). The lowest BCUT2D eigenvalue weighted by Gasteiger charge is -2.43. The van der Waals surface area contributed by atoms with Gasteiger partial charge < -0.3 is 14.2 Å². The maximum atomic E-state index is 13.2. The molecule has 0 unspecified atom stereocenters. The largest absolute Gasteiger partial charge is 0.447 e. The minimum atomic E-state index is -0.620. The molecule has 3 saturated heterocycles. The van der Waals surface area contributed by atoms with Crippen molar-refractivity contribution in [3.63, 3.8) is 0 Å². The molecule has 3 heterocycles. The summed E-state index contributed by atoms with van der Waals surface area (Å²) in [6.45, 7) is 6.08. The molecule has 0 radical (unpaired) electrons. The number of carbonyl (C=O) groups is 2. The molecule has 6 nitrogen and oxygen atoms in total. The van der Waals surface area contributed by atoms with Gasteiger partial charge in [-0.2, -0.15) is 0 Å². The van der Waals surface area contributed by atoms with E-state index >= 15 is 0 Å². The zero-order chi connectivity index (χ0) is 19.2. The molecule has 0 N–H and O–H groups in total.